The predicted molar refractivity (Wildman–Crippen MR) is 53.7 cm³/mol. The average Bonchev–Trinajstić information content (AvgIpc) is 2.15. The zero-order chi connectivity index (χ0) is 10.4. The van der Waals surface area contributed by atoms with E-state index < -0.39 is 0 Å². The minimum absolute atomic E-state index is 0.325. The molecule has 0 aromatic heterocycles. The topological polar surface area (TPSA) is 27.7 Å². The number of hydrogen-bond donors (Lipinski definition) is 0. The fraction of sp³-hybridized carbons (Fsp3) is 0.273. The summed E-state index contributed by atoms with van der Waals surface area (Å²) in [5, 5.41) is 4.51. The van der Waals surface area contributed by atoms with Gasteiger partial charge in [-0.25, -0.2) is 0 Å². The van der Waals surface area contributed by atoms with E-state index in [1.165, 1.54) is 5.56 Å². The average molecular weight is 194 g/mol. The van der Waals surface area contributed by atoms with Gasteiger partial charge in [0.2, 0.25) is 0 Å². The highest BCUT2D eigenvalue weighted by atomic mass is 17.5. The molecule has 14 heavy (non-hydrogen) atoms. The van der Waals surface area contributed by atoms with E-state index in [0.717, 1.165) is 5.57 Å². The first-order chi connectivity index (χ1) is 6.68. The predicted octanol–water partition coefficient (Wildman–Crippen LogP) is 2.81. The van der Waals surface area contributed by atoms with Gasteiger partial charge in [0.1, 0.15) is 6.61 Å². The molecule has 0 saturated heterocycles. The maximum atomic E-state index is 4.85. The largest absolute Gasteiger partial charge is 0.308 e. The van der Waals surface area contributed by atoms with Gasteiger partial charge in [0.25, 0.3) is 0 Å². The molecule has 1 rings (SSSR count). The van der Waals surface area contributed by atoms with E-state index in [4.69, 9.17) is 9.78 Å². The molecule has 3 heteroatoms. The Bertz CT molecular complexity index is 290. The van der Waals surface area contributed by atoms with Gasteiger partial charge in [-0.2, -0.15) is 4.89 Å². The second-order valence-electron chi connectivity index (χ2n) is 3.18. The van der Waals surface area contributed by atoms with Crippen LogP contribution in [0.2, 0.25) is 0 Å². The van der Waals surface area contributed by atoms with E-state index in [9.17, 15) is 0 Å². The minimum atomic E-state index is 0.325. The van der Waals surface area contributed by atoms with E-state index in [0.29, 0.717) is 12.4 Å². The van der Waals surface area contributed by atoms with Crippen LogP contribution in [0, 0.1) is 6.92 Å². The molecule has 0 radical (unpaired) electrons. The van der Waals surface area contributed by atoms with Crippen LogP contribution in [0.25, 0.3) is 0 Å². The molecule has 0 aliphatic rings. The van der Waals surface area contributed by atoms with E-state index in [2.05, 4.69) is 11.6 Å². The molecule has 0 spiro atoms. The summed E-state index contributed by atoms with van der Waals surface area (Å²) >= 11 is 0. The van der Waals surface area contributed by atoms with Crippen LogP contribution in [0.3, 0.4) is 0 Å². The second-order valence-corrected chi connectivity index (χ2v) is 3.18. The summed E-state index contributed by atoms with van der Waals surface area (Å²) in [6.45, 7) is 7.82. The van der Waals surface area contributed by atoms with Gasteiger partial charge in [0, 0.05) is 0 Å². The van der Waals surface area contributed by atoms with E-state index in [1.54, 1.807) is 12.1 Å². The van der Waals surface area contributed by atoms with Gasteiger partial charge in [-0.15, -0.1) is 0 Å². The normalized spacial score (nSPS) is 9.86. The van der Waals surface area contributed by atoms with Crippen LogP contribution >= 0.6 is 0 Å². The van der Waals surface area contributed by atoms with Crippen molar-refractivity contribution in [1.29, 1.82) is 0 Å². The van der Waals surface area contributed by atoms with E-state index in [-0.39, 0.29) is 0 Å². The fourth-order valence-corrected chi connectivity index (χ4v) is 0.782. The number of hydrogen-bond acceptors (Lipinski definition) is 3. The Morgan fingerprint density at radius 2 is 1.93 bits per heavy atom. The molecule has 0 aliphatic heterocycles. The summed E-state index contributed by atoms with van der Waals surface area (Å²) in [6.07, 6.45) is 0. The highest BCUT2D eigenvalue weighted by molar-refractivity contribution is 5.25. The Kier molecular flexibility index (Phi) is 4.16. The molecule has 0 unspecified atom stereocenters. The molecule has 0 aliphatic carbocycles. The molecule has 0 amide bonds. The lowest BCUT2D eigenvalue weighted by Gasteiger charge is -2.03. The zero-order valence-corrected chi connectivity index (χ0v) is 8.45. The van der Waals surface area contributed by atoms with Gasteiger partial charge >= 0.3 is 0 Å². The van der Waals surface area contributed by atoms with Crippen LogP contribution in [0.5, 0.6) is 5.75 Å². The van der Waals surface area contributed by atoms with Crippen molar-refractivity contribution in [2.24, 2.45) is 0 Å². The maximum absolute atomic E-state index is 4.85. The lowest BCUT2D eigenvalue weighted by Crippen LogP contribution is -2.01. The molecule has 0 N–H and O–H groups in total. The van der Waals surface area contributed by atoms with Crippen molar-refractivity contribution < 1.29 is 14.8 Å². The van der Waals surface area contributed by atoms with Crippen molar-refractivity contribution in [3.05, 3.63) is 42.0 Å². The third kappa shape index (κ3) is 4.07. The molecule has 1 aromatic rings. The fourth-order valence-electron chi connectivity index (χ4n) is 0.782. The van der Waals surface area contributed by atoms with Crippen molar-refractivity contribution in [2.45, 2.75) is 13.8 Å². The number of rotatable bonds is 5. The van der Waals surface area contributed by atoms with E-state index in [1.807, 2.05) is 26.0 Å². The third-order valence-electron chi connectivity index (χ3n) is 1.50. The molecular weight excluding hydrogens is 180 g/mol. The highest BCUT2D eigenvalue weighted by Gasteiger charge is 1.94. The molecular formula is C11H14O3. The lowest BCUT2D eigenvalue weighted by atomic mass is 10.2. The third-order valence-corrected chi connectivity index (χ3v) is 1.50. The molecule has 0 saturated carbocycles. The first kappa shape index (κ1) is 10.8. The van der Waals surface area contributed by atoms with Crippen molar-refractivity contribution in [2.75, 3.05) is 6.61 Å². The molecule has 0 bridgehead atoms. The Labute approximate surface area is 83.8 Å². The Morgan fingerprint density at radius 3 is 2.50 bits per heavy atom. The molecule has 76 valence electrons. The second kappa shape index (κ2) is 5.42. The summed E-state index contributed by atoms with van der Waals surface area (Å²) in [7, 11) is 0. The maximum Gasteiger partial charge on any atom is 0.168 e. The summed E-state index contributed by atoms with van der Waals surface area (Å²) in [4.78, 5) is 9.56. The van der Waals surface area contributed by atoms with Gasteiger partial charge in [-0.05, 0) is 31.0 Å². The Balaban J connectivity index is 2.25. The standard InChI is InChI=1S/C11H14O3/c1-9(2)8-12-14-13-11-6-4-10(3)5-7-11/h4-7H,1,8H2,2-3H3. The van der Waals surface area contributed by atoms with Gasteiger partial charge in [-0.1, -0.05) is 29.8 Å². The summed E-state index contributed by atoms with van der Waals surface area (Å²) in [5.41, 5.74) is 2.04. The van der Waals surface area contributed by atoms with Crippen molar-refractivity contribution >= 4 is 0 Å². The molecule has 0 fully saturated rings. The van der Waals surface area contributed by atoms with Crippen molar-refractivity contribution in [3.8, 4) is 5.75 Å². The van der Waals surface area contributed by atoms with Crippen molar-refractivity contribution in [3.63, 3.8) is 0 Å². The van der Waals surface area contributed by atoms with Crippen LogP contribution in [0.4, 0.5) is 0 Å². The van der Waals surface area contributed by atoms with Gasteiger partial charge in [-0.3, -0.25) is 0 Å². The summed E-state index contributed by atoms with van der Waals surface area (Å²) < 4.78 is 0. The molecule has 0 heterocycles. The van der Waals surface area contributed by atoms with Crippen LogP contribution < -0.4 is 4.89 Å². The zero-order valence-electron chi connectivity index (χ0n) is 8.45. The first-order valence-corrected chi connectivity index (χ1v) is 4.35. The SMILES string of the molecule is C=C(C)COOOc1ccc(C)cc1. The van der Waals surface area contributed by atoms with Gasteiger partial charge < -0.3 is 4.89 Å². The van der Waals surface area contributed by atoms with Gasteiger partial charge in [0.05, 0.1) is 0 Å². The monoisotopic (exact) mass is 194 g/mol. The highest BCUT2D eigenvalue weighted by Crippen LogP contribution is 2.11. The minimum Gasteiger partial charge on any atom is -0.308 e. The Morgan fingerprint density at radius 1 is 1.29 bits per heavy atom. The van der Waals surface area contributed by atoms with Crippen LogP contribution in [0.15, 0.2) is 36.4 Å². The molecule has 0 atom stereocenters. The van der Waals surface area contributed by atoms with Gasteiger partial charge in [0.15, 0.2) is 5.75 Å². The van der Waals surface area contributed by atoms with Crippen LogP contribution in [0.1, 0.15) is 12.5 Å². The molecule has 1 aromatic carbocycles. The smallest absolute Gasteiger partial charge is 0.168 e. The summed E-state index contributed by atoms with van der Waals surface area (Å²) in [5.74, 6) is 0.609. The van der Waals surface area contributed by atoms with E-state index >= 15 is 0 Å². The number of benzene rings is 1. The quantitative estimate of drug-likeness (QED) is 0.312. The first-order valence-electron chi connectivity index (χ1n) is 4.35. The summed E-state index contributed by atoms with van der Waals surface area (Å²) in [6, 6.07) is 7.47. The van der Waals surface area contributed by atoms with Crippen LogP contribution in [-0.4, -0.2) is 6.61 Å². The van der Waals surface area contributed by atoms with Crippen LogP contribution in [-0.2, 0) is 9.93 Å². The number of aryl methyl sites for hydroxylation is 1. The van der Waals surface area contributed by atoms with Crippen molar-refractivity contribution in [1.82, 2.24) is 0 Å². The molecule has 3 nitrogen and oxygen atoms in total. The lowest BCUT2D eigenvalue weighted by molar-refractivity contribution is -0.462. The Hall–Kier alpha value is -1.32.